The third-order valence-corrected chi connectivity index (χ3v) is 3.59. The van der Waals surface area contributed by atoms with Crippen LogP contribution in [0.2, 0.25) is 5.02 Å². The Hall–Kier alpha value is -3.13. The summed E-state index contributed by atoms with van der Waals surface area (Å²) in [6.45, 7) is -0.337. The third kappa shape index (κ3) is 5.18. The molecule has 8 nitrogen and oxygen atoms in total. The van der Waals surface area contributed by atoms with Crippen molar-refractivity contribution in [2.24, 2.45) is 0 Å². The second kappa shape index (κ2) is 8.82. The average molecular weight is 379 g/mol. The Kier molecular flexibility index (Phi) is 6.51. The summed E-state index contributed by atoms with van der Waals surface area (Å²) in [5.74, 6) is -0.852. The summed E-state index contributed by atoms with van der Waals surface area (Å²) in [7, 11) is 1.55. The molecule has 2 rings (SSSR count). The van der Waals surface area contributed by atoms with Gasteiger partial charge in [-0.05, 0) is 29.8 Å². The van der Waals surface area contributed by atoms with Crippen LogP contribution in [0.4, 0.5) is 5.69 Å². The van der Waals surface area contributed by atoms with Crippen molar-refractivity contribution in [3.63, 3.8) is 0 Å². The summed E-state index contributed by atoms with van der Waals surface area (Å²) >= 11 is 5.75. The second-order valence-electron chi connectivity index (χ2n) is 5.12. The standard InChI is InChI=1S/C17H15ClN2O6/c1-25-13-5-2-11(3-6-13)9-19-16(21)10-26-17(22)14-8-12(18)4-7-15(14)20(23)24/h2-8H,9-10H2,1H3,(H,19,21). The molecule has 0 unspecified atom stereocenters. The SMILES string of the molecule is COc1ccc(CNC(=O)COC(=O)c2cc(Cl)ccc2[N+](=O)[O-])cc1. The van der Waals surface area contributed by atoms with Crippen LogP contribution in [-0.4, -0.2) is 30.5 Å². The van der Waals surface area contributed by atoms with Gasteiger partial charge in [-0.15, -0.1) is 0 Å². The minimum absolute atomic E-state index is 0.145. The molecule has 0 aliphatic carbocycles. The van der Waals surface area contributed by atoms with E-state index in [0.29, 0.717) is 5.75 Å². The highest BCUT2D eigenvalue weighted by atomic mass is 35.5. The van der Waals surface area contributed by atoms with E-state index in [-0.39, 0.29) is 17.1 Å². The molecular weight excluding hydrogens is 364 g/mol. The number of esters is 1. The molecule has 0 fully saturated rings. The first-order chi connectivity index (χ1) is 12.4. The van der Waals surface area contributed by atoms with Gasteiger partial charge in [-0.1, -0.05) is 23.7 Å². The average Bonchev–Trinajstić information content (AvgIpc) is 2.64. The van der Waals surface area contributed by atoms with Crippen molar-refractivity contribution >= 4 is 29.2 Å². The molecule has 9 heteroatoms. The summed E-state index contributed by atoms with van der Waals surface area (Å²) in [5, 5.41) is 13.7. The van der Waals surface area contributed by atoms with Crippen LogP contribution < -0.4 is 10.1 Å². The highest BCUT2D eigenvalue weighted by molar-refractivity contribution is 6.31. The molecule has 0 spiro atoms. The molecule has 0 aliphatic heterocycles. The molecular formula is C17H15ClN2O6. The van der Waals surface area contributed by atoms with Crippen LogP contribution in [0.1, 0.15) is 15.9 Å². The molecule has 2 aromatic rings. The lowest BCUT2D eigenvalue weighted by atomic mass is 10.2. The van der Waals surface area contributed by atoms with E-state index < -0.39 is 29.1 Å². The van der Waals surface area contributed by atoms with Crippen LogP contribution in [0.5, 0.6) is 5.75 Å². The predicted molar refractivity (Wildman–Crippen MR) is 93.2 cm³/mol. The van der Waals surface area contributed by atoms with Crippen molar-refractivity contribution < 1.29 is 24.0 Å². The van der Waals surface area contributed by atoms with E-state index in [1.165, 1.54) is 6.07 Å². The molecule has 1 N–H and O–H groups in total. The van der Waals surface area contributed by atoms with E-state index in [1.54, 1.807) is 31.4 Å². The molecule has 26 heavy (non-hydrogen) atoms. The van der Waals surface area contributed by atoms with Gasteiger partial charge < -0.3 is 14.8 Å². The first-order valence-electron chi connectivity index (χ1n) is 7.41. The molecule has 136 valence electrons. The number of carbonyl (C=O) groups excluding carboxylic acids is 2. The lowest BCUT2D eigenvalue weighted by Crippen LogP contribution is -2.28. The van der Waals surface area contributed by atoms with Gasteiger partial charge in [0.1, 0.15) is 11.3 Å². The van der Waals surface area contributed by atoms with Crippen molar-refractivity contribution in [3.8, 4) is 5.75 Å². The minimum Gasteiger partial charge on any atom is -0.497 e. The van der Waals surface area contributed by atoms with Crippen LogP contribution in [-0.2, 0) is 16.1 Å². The minimum atomic E-state index is -1.00. The van der Waals surface area contributed by atoms with Crippen molar-refractivity contribution in [1.82, 2.24) is 5.32 Å². The topological polar surface area (TPSA) is 108 Å². The Balaban J connectivity index is 1.89. The van der Waals surface area contributed by atoms with Crippen molar-refractivity contribution in [3.05, 3.63) is 68.7 Å². The van der Waals surface area contributed by atoms with Crippen molar-refractivity contribution in [1.29, 1.82) is 0 Å². The number of hydrogen-bond acceptors (Lipinski definition) is 6. The van der Waals surface area contributed by atoms with Crippen LogP contribution in [0, 0.1) is 10.1 Å². The van der Waals surface area contributed by atoms with E-state index in [4.69, 9.17) is 21.1 Å². The molecule has 0 atom stereocenters. The number of amides is 1. The number of methoxy groups -OCH3 is 1. The smallest absolute Gasteiger partial charge is 0.345 e. The van der Waals surface area contributed by atoms with Gasteiger partial charge in [0.25, 0.3) is 11.6 Å². The first-order valence-corrected chi connectivity index (χ1v) is 7.79. The van der Waals surface area contributed by atoms with Crippen LogP contribution >= 0.6 is 11.6 Å². The number of halogens is 1. The maximum Gasteiger partial charge on any atom is 0.345 e. The number of benzene rings is 2. The third-order valence-electron chi connectivity index (χ3n) is 3.36. The van der Waals surface area contributed by atoms with E-state index in [1.807, 2.05) is 0 Å². The number of rotatable bonds is 7. The normalized spacial score (nSPS) is 10.1. The summed E-state index contributed by atoms with van der Waals surface area (Å²) in [6.07, 6.45) is 0. The first kappa shape index (κ1) is 19.2. The summed E-state index contributed by atoms with van der Waals surface area (Å²) < 4.78 is 9.86. The van der Waals surface area contributed by atoms with Gasteiger partial charge in [-0.2, -0.15) is 0 Å². The molecule has 0 heterocycles. The maximum absolute atomic E-state index is 12.0. The number of nitrogens with zero attached hydrogens (tertiary/aromatic N) is 1. The molecule has 0 saturated heterocycles. The zero-order chi connectivity index (χ0) is 19.1. The van der Waals surface area contributed by atoms with Crippen LogP contribution in [0.25, 0.3) is 0 Å². The van der Waals surface area contributed by atoms with Crippen LogP contribution in [0.15, 0.2) is 42.5 Å². The highest BCUT2D eigenvalue weighted by Crippen LogP contribution is 2.23. The van der Waals surface area contributed by atoms with Gasteiger partial charge in [0.15, 0.2) is 6.61 Å². The maximum atomic E-state index is 12.0. The highest BCUT2D eigenvalue weighted by Gasteiger charge is 2.22. The Morgan fingerprint density at radius 2 is 1.88 bits per heavy atom. The fourth-order valence-corrected chi connectivity index (χ4v) is 2.21. The summed E-state index contributed by atoms with van der Waals surface area (Å²) in [5.41, 5.74) is 0.0689. The zero-order valence-corrected chi connectivity index (χ0v) is 14.5. The quantitative estimate of drug-likeness (QED) is 0.451. The van der Waals surface area contributed by atoms with Crippen molar-refractivity contribution in [2.45, 2.75) is 6.54 Å². The van der Waals surface area contributed by atoms with Gasteiger partial charge in [0.2, 0.25) is 0 Å². The Morgan fingerprint density at radius 1 is 1.19 bits per heavy atom. The van der Waals surface area contributed by atoms with E-state index in [9.17, 15) is 19.7 Å². The van der Waals surface area contributed by atoms with E-state index in [0.717, 1.165) is 17.7 Å². The monoisotopic (exact) mass is 378 g/mol. The molecule has 0 aromatic heterocycles. The number of carbonyl (C=O) groups is 2. The predicted octanol–water partition coefficient (Wildman–Crippen LogP) is 2.73. The van der Waals surface area contributed by atoms with Crippen molar-refractivity contribution in [2.75, 3.05) is 13.7 Å². The summed E-state index contributed by atoms with van der Waals surface area (Å²) in [6, 6.07) is 10.6. The fraction of sp³-hybridized carbons (Fsp3) is 0.176. The number of hydrogen-bond donors (Lipinski definition) is 1. The molecule has 2 aromatic carbocycles. The Morgan fingerprint density at radius 3 is 2.50 bits per heavy atom. The van der Waals surface area contributed by atoms with Gasteiger partial charge in [0.05, 0.1) is 12.0 Å². The number of nitro groups is 1. The fourth-order valence-electron chi connectivity index (χ4n) is 2.03. The molecule has 0 saturated carbocycles. The second-order valence-corrected chi connectivity index (χ2v) is 5.56. The Bertz CT molecular complexity index is 823. The van der Waals surface area contributed by atoms with Gasteiger partial charge in [-0.25, -0.2) is 4.79 Å². The lowest BCUT2D eigenvalue weighted by molar-refractivity contribution is -0.385. The summed E-state index contributed by atoms with van der Waals surface area (Å²) in [4.78, 5) is 34.0. The number of ether oxygens (including phenoxy) is 2. The molecule has 0 radical (unpaired) electrons. The molecule has 0 bridgehead atoms. The van der Waals surface area contributed by atoms with Gasteiger partial charge >= 0.3 is 5.97 Å². The van der Waals surface area contributed by atoms with E-state index in [2.05, 4.69) is 5.32 Å². The largest absolute Gasteiger partial charge is 0.497 e. The number of nitro benzene ring substituents is 1. The Labute approximate surface area is 153 Å². The zero-order valence-electron chi connectivity index (χ0n) is 13.7. The molecule has 1 amide bonds. The van der Waals surface area contributed by atoms with E-state index >= 15 is 0 Å². The number of nitrogens with one attached hydrogen (secondary N) is 1. The lowest BCUT2D eigenvalue weighted by Gasteiger charge is -2.08. The van der Waals surface area contributed by atoms with Gasteiger partial charge in [0, 0.05) is 17.6 Å². The van der Waals surface area contributed by atoms with Crippen LogP contribution in [0.3, 0.4) is 0 Å². The molecule has 0 aliphatic rings. The van der Waals surface area contributed by atoms with Gasteiger partial charge in [-0.3, -0.25) is 14.9 Å².